The number of nitrogens with zero attached hydrogens (tertiary/aromatic N) is 2. The number of hydrogen-bond donors (Lipinski definition) is 0. The summed E-state index contributed by atoms with van der Waals surface area (Å²) in [5.41, 5.74) is 5.61. The molecule has 0 saturated carbocycles. The van der Waals surface area contributed by atoms with Crippen molar-refractivity contribution in [2.75, 3.05) is 0 Å². The SMILES string of the molecule is Cc1nc2ccc(C(C)(C)c3ccc4nc(C)oc4c3)cc2o1. The van der Waals surface area contributed by atoms with Crippen LogP contribution in [-0.4, -0.2) is 9.97 Å². The first-order chi connectivity index (χ1) is 10.9. The molecule has 23 heavy (non-hydrogen) atoms. The highest BCUT2D eigenvalue weighted by atomic mass is 16.3. The Morgan fingerprint density at radius 1 is 0.739 bits per heavy atom. The van der Waals surface area contributed by atoms with E-state index in [-0.39, 0.29) is 5.41 Å². The Bertz CT molecular complexity index is 942. The summed E-state index contributed by atoms with van der Waals surface area (Å²) < 4.78 is 11.3. The highest BCUT2D eigenvalue weighted by Crippen LogP contribution is 2.34. The average Bonchev–Trinajstić information content (AvgIpc) is 3.05. The second-order valence-corrected chi connectivity index (χ2v) is 6.46. The fourth-order valence-electron chi connectivity index (χ4n) is 3.02. The van der Waals surface area contributed by atoms with Crippen molar-refractivity contribution >= 4 is 22.2 Å². The molecule has 0 amide bonds. The molecule has 2 aromatic carbocycles. The van der Waals surface area contributed by atoms with Gasteiger partial charge in [0.15, 0.2) is 22.9 Å². The zero-order valence-electron chi connectivity index (χ0n) is 13.7. The zero-order valence-corrected chi connectivity index (χ0v) is 13.7. The number of aromatic nitrogens is 2. The van der Waals surface area contributed by atoms with Crippen LogP contribution in [0.3, 0.4) is 0 Å². The largest absolute Gasteiger partial charge is 0.441 e. The number of oxazole rings is 2. The maximum atomic E-state index is 5.67. The Kier molecular flexibility index (Phi) is 2.85. The summed E-state index contributed by atoms with van der Waals surface area (Å²) in [6, 6.07) is 12.4. The van der Waals surface area contributed by atoms with Gasteiger partial charge in [-0.3, -0.25) is 0 Å². The van der Waals surface area contributed by atoms with E-state index in [0.29, 0.717) is 11.8 Å². The molecule has 0 bridgehead atoms. The van der Waals surface area contributed by atoms with Crippen molar-refractivity contribution in [1.82, 2.24) is 9.97 Å². The summed E-state index contributed by atoms with van der Waals surface area (Å²) >= 11 is 0. The quantitative estimate of drug-likeness (QED) is 0.528. The van der Waals surface area contributed by atoms with Gasteiger partial charge in [0.05, 0.1) is 0 Å². The smallest absolute Gasteiger partial charge is 0.192 e. The molecule has 0 saturated heterocycles. The van der Waals surface area contributed by atoms with Crippen molar-refractivity contribution in [3.63, 3.8) is 0 Å². The van der Waals surface area contributed by atoms with E-state index < -0.39 is 0 Å². The Labute approximate surface area is 134 Å². The van der Waals surface area contributed by atoms with Crippen LogP contribution in [-0.2, 0) is 5.41 Å². The Balaban J connectivity index is 1.84. The molecule has 0 atom stereocenters. The van der Waals surface area contributed by atoms with Gasteiger partial charge < -0.3 is 8.83 Å². The van der Waals surface area contributed by atoms with Gasteiger partial charge in [0.2, 0.25) is 0 Å². The van der Waals surface area contributed by atoms with Crippen molar-refractivity contribution in [2.45, 2.75) is 33.1 Å². The van der Waals surface area contributed by atoms with E-state index >= 15 is 0 Å². The normalized spacial score (nSPS) is 12.3. The topological polar surface area (TPSA) is 52.1 Å². The van der Waals surface area contributed by atoms with E-state index in [1.807, 2.05) is 26.0 Å². The molecule has 116 valence electrons. The van der Waals surface area contributed by atoms with Crippen LogP contribution in [0.15, 0.2) is 45.2 Å². The van der Waals surface area contributed by atoms with Gasteiger partial charge >= 0.3 is 0 Å². The fraction of sp³-hybridized carbons (Fsp3) is 0.263. The van der Waals surface area contributed by atoms with Crippen LogP contribution >= 0.6 is 0 Å². The van der Waals surface area contributed by atoms with Gasteiger partial charge in [-0.05, 0) is 35.4 Å². The minimum Gasteiger partial charge on any atom is -0.441 e. The lowest BCUT2D eigenvalue weighted by molar-refractivity contribution is 0.557. The van der Waals surface area contributed by atoms with Crippen molar-refractivity contribution in [3.8, 4) is 0 Å². The molecule has 2 heterocycles. The number of benzene rings is 2. The van der Waals surface area contributed by atoms with E-state index in [9.17, 15) is 0 Å². The molecular formula is C19H18N2O2. The lowest BCUT2D eigenvalue weighted by Gasteiger charge is -2.25. The van der Waals surface area contributed by atoms with E-state index in [1.165, 1.54) is 11.1 Å². The van der Waals surface area contributed by atoms with Gasteiger partial charge in [0, 0.05) is 19.3 Å². The second kappa shape index (κ2) is 4.69. The van der Waals surface area contributed by atoms with Crippen LogP contribution in [0.25, 0.3) is 22.2 Å². The Morgan fingerprint density at radius 2 is 1.17 bits per heavy atom. The van der Waals surface area contributed by atoms with E-state index in [2.05, 4.69) is 48.1 Å². The van der Waals surface area contributed by atoms with Gasteiger partial charge in [-0.25, -0.2) is 9.97 Å². The molecule has 2 aromatic heterocycles. The minimum absolute atomic E-state index is 0.177. The van der Waals surface area contributed by atoms with E-state index in [0.717, 1.165) is 22.2 Å². The summed E-state index contributed by atoms with van der Waals surface area (Å²) in [6.07, 6.45) is 0. The van der Waals surface area contributed by atoms with Gasteiger partial charge in [0.25, 0.3) is 0 Å². The first kappa shape index (κ1) is 14.0. The maximum Gasteiger partial charge on any atom is 0.192 e. The van der Waals surface area contributed by atoms with E-state index in [4.69, 9.17) is 8.83 Å². The molecule has 0 aliphatic rings. The standard InChI is InChI=1S/C19H18N2O2/c1-11-20-15-7-5-13(9-17(15)22-11)19(3,4)14-6-8-16-18(10-14)23-12(2)21-16/h5-10H,1-4H3. The third kappa shape index (κ3) is 2.22. The lowest BCUT2D eigenvalue weighted by Crippen LogP contribution is -2.18. The highest BCUT2D eigenvalue weighted by molar-refractivity contribution is 5.76. The van der Waals surface area contributed by atoms with Crippen molar-refractivity contribution in [2.24, 2.45) is 0 Å². The van der Waals surface area contributed by atoms with Gasteiger partial charge in [-0.2, -0.15) is 0 Å². The summed E-state index contributed by atoms with van der Waals surface area (Å²) in [5, 5.41) is 0. The molecule has 0 N–H and O–H groups in total. The predicted octanol–water partition coefficient (Wildman–Crippen LogP) is 4.91. The van der Waals surface area contributed by atoms with Crippen molar-refractivity contribution < 1.29 is 8.83 Å². The van der Waals surface area contributed by atoms with Crippen LogP contribution in [0.4, 0.5) is 0 Å². The molecule has 0 spiro atoms. The highest BCUT2D eigenvalue weighted by Gasteiger charge is 2.25. The predicted molar refractivity (Wildman–Crippen MR) is 89.6 cm³/mol. The molecule has 0 aliphatic carbocycles. The fourth-order valence-corrected chi connectivity index (χ4v) is 3.02. The monoisotopic (exact) mass is 306 g/mol. The third-order valence-electron chi connectivity index (χ3n) is 4.43. The molecule has 0 aliphatic heterocycles. The molecule has 0 radical (unpaired) electrons. The number of rotatable bonds is 2. The molecule has 0 fully saturated rings. The summed E-state index contributed by atoms with van der Waals surface area (Å²) in [5.74, 6) is 1.38. The Morgan fingerprint density at radius 3 is 1.61 bits per heavy atom. The first-order valence-corrected chi connectivity index (χ1v) is 7.69. The van der Waals surface area contributed by atoms with Crippen molar-refractivity contribution in [3.05, 3.63) is 59.3 Å². The third-order valence-corrected chi connectivity index (χ3v) is 4.43. The number of fused-ring (bicyclic) bond motifs is 2. The maximum absolute atomic E-state index is 5.67. The van der Waals surface area contributed by atoms with Crippen LogP contribution < -0.4 is 0 Å². The minimum atomic E-state index is -0.177. The average molecular weight is 306 g/mol. The summed E-state index contributed by atoms with van der Waals surface area (Å²) in [4.78, 5) is 8.73. The molecule has 0 unspecified atom stereocenters. The van der Waals surface area contributed by atoms with Crippen LogP contribution in [0.1, 0.15) is 36.8 Å². The van der Waals surface area contributed by atoms with Crippen LogP contribution in [0.2, 0.25) is 0 Å². The first-order valence-electron chi connectivity index (χ1n) is 7.69. The van der Waals surface area contributed by atoms with Crippen molar-refractivity contribution in [1.29, 1.82) is 0 Å². The molecule has 4 rings (SSSR count). The zero-order chi connectivity index (χ0) is 16.2. The molecule has 4 nitrogen and oxygen atoms in total. The summed E-state index contributed by atoms with van der Waals surface area (Å²) in [6.45, 7) is 8.12. The van der Waals surface area contributed by atoms with Crippen LogP contribution in [0.5, 0.6) is 0 Å². The van der Waals surface area contributed by atoms with Gasteiger partial charge in [0.1, 0.15) is 11.0 Å². The van der Waals surface area contributed by atoms with Gasteiger partial charge in [-0.15, -0.1) is 0 Å². The summed E-state index contributed by atoms with van der Waals surface area (Å²) in [7, 11) is 0. The van der Waals surface area contributed by atoms with Crippen LogP contribution in [0, 0.1) is 13.8 Å². The lowest BCUT2D eigenvalue weighted by atomic mass is 9.78. The number of aryl methyl sites for hydroxylation is 2. The molecule has 4 heteroatoms. The number of hydrogen-bond acceptors (Lipinski definition) is 4. The van der Waals surface area contributed by atoms with E-state index in [1.54, 1.807) is 0 Å². The van der Waals surface area contributed by atoms with Gasteiger partial charge in [-0.1, -0.05) is 26.0 Å². The second-order valence-electron chi connectivity index (χ2n) is 6.46. The molecular weight excluding hydrogens is 288 g/mol. The Hall–Kier alpha value is -2.62. The molecule has 4 aromatic rings.